The highest BCUT2D eigenvalue weighted by Gasteiger charge is 2.32. The third-order valence-electron chi connectivity index (χ3n) is 2.98. The smallest absolute Gasteiger partial charge is 0.154 e. The molecule has 0 aromatic carbocycles. The van der Waals surface area contributed by atoms with Gasteiger partial charge in [0.05, 0.1) is 17.2 Å². The molecule has 0 spiro atoms. The molecule has 1 saturated carbocycles. The van der Waals surface area contributed by atoms with Crippen LogP contribution in [0.5, 0.6) is 0 Å². The van der Waals surface area contributed by atoms with Gasteiger partial charge in [-0.05, 0) is 12.8 Å². The second-order valence-corrected chi connectivity index (χ2v) is 6.37. The predicted molar refractivity (Wildman–Crippen MR) is 55.4 cm³/mol. The van der Waals surface area contributed by atoms with E-state index in [9.17, 15) is 8.42 Å². The molecular formula is C10H17NO2S. The van der Waals surface area contributed by atoms with Gasteiger partial charge in [-0.15, -0.1) is 0 Å². The zero-order valence-electron chi connectivity index (χ0n) is 8.57. The van der Waals surface area contributed by atoms with Crippen LogP contribution in [-0.2, 0) is 9.84 Å². The lowest BCUT2D eigenvalue weighted by Crippen LogP contribution is -2.29. The molecule has 0 aliphatic heterocycles. The molecule has 0 aromatic rings. The lowest BCUT2D eigenvalue weighted by atomic mass is 10.0. The molecule has 0 N–H and O–H groups in total. The van der Waals surface area contributed by atoms with Crippen molar-refractivity contribution in [2.45, 2.75) is 44.3 Å². The second-order valence-electron chi connectivity index (χ2n) is 3.86. The Hall–Kier alpha value is -0.560. The first-order valence-corrected chi connectivity index (χ1v) is 6.94. The third-order valence-corrected chi connectivity index (χ3v) is 5.27. The van der Waals surface area contributed by atoms with Crippen molar-refractivity contribution in [2.75, 3.05) is 5.75 Å². The van der Waals surface area contributed by atoms with Crippen LogP contribution in [0.25, 0.3) is 0 Å². The summed E-state index contributed by atoms with van der Waals surface area (Å²) in [6.07, 6.45) is 4.43. The van der Waals surface area contributed by atoms with E-state index in [1.54, 1.807) is 6.92 Å². The molecular weight excluding hydrogens is 198 g/mol. The van der Waals surface area contributed by atoms with E-state index in [1.165, 1.54) is 0 Å². The fourth-order valence-electron chi connectivity index (χ4n) is 2.07. The average molecular weight is 215 g/mol. The maximum Gasteiger partial charge on any atom is 0.154 e. The zero-order valence-corrected chi connectivity index (χ0v) is 9.39. The second kappa shape index (κ2) is 4.79. The van der Waals surface area contributed by atoms with Crippen molar-refractivity contribution in [2.24, 2.45) is 5.92 Å². The Bertz CT molecular complexity index is 316. The van der Waals surface area contributed by atoms with E-state index in [1.807, 2.05) is 0 Å². The minimum atomic E-state index is -3.03. The highest BCUT2D eigenvalue weighted by Crippen LogP contribution is 2.28. The third kappa shape index (κ3) is 2.48. The molecule has 0 amide bonds. The molecule has 80 valence electrons. The lowest BCUT2D eigenvalue weighted by Gasteiger charge is -2.18. The van der Waals surface area contributed by atoms with E-state index in [2.05, 4.69) is 6.07 Å². The van der Waals surface area contributed by atoms with E-state index in [-0.39, 0.29) is 11.7 Å². The Labute approximate surface area is 86.0 Å². The summed E-state index contributed by atoms with van der Waals surface area (Å²) in [5, 5.41) is 8.53. The Morgan fingerprint density at radius 2 is 1.93 bits per heavy atom. The standard InChI is InChI=1S/C10H17NO2S/c1-2-14(12,13)10-7-5-3-4-6-9(10)8-11/h9-10H,2-7H2,1H3. The maximum atomic E-state index is 11.7. The van der Waals surface area contributed by atoms with Crippen LogP contribution in [0.1, 0.15) is 39.0 Å². The van der Waals surface area contributed by atoms with Crippen molar-refractivity contribution >= 4 is 9.84 Å². The number of nitriles is 1. The summed E-state index contributed by atoms with van der Waals surface area (Å²) in [7, 11) is -3.03. The molecule has 0 radical (unpaired) electrons. The molecule has 3 nitrogen and oxygen atoms in total. The minimum absolute atomic E-state index is 0.163. The Balaban J connectivity index is 2.87. The number of hydrogen-bond donors (Lipinski definition) is 0. The first-order chi connectivity index (χ1) is 6.61. The number of sulfone groups is 1. The van der Waals surface area contributed by atoms with Gasteiger partial charge in [-0.25, -0.2) is 8.42 Å². The summed E-state index contributed by atoms with van der Waals surface area (Å²) >= 11 is 0. The highest BCUT2D eigenvalue weighted by atomic mass is 32.2. The molecule has 4 heteroatoms. The van der Waals surface area contributed by atoms with Crippen molar-refractivity contribution in [3.63, 3.8) is 0 Å². The molecule has 1 fully saturated rings. The van der Waals surface area contributed by atoms with Gasteiger partial charge < -0.3 is 0 Å². The van der Waals surface area contributed by atoms with Crippen LogP contribution in [0.2, 0.25) is 0 Å². The van der Waals surface area contributed by atoms with Gasteiger partial charge in [-0.3, -0.25) is 0 Å². The summed E-state index contributed by atoms with van der Waals surface area (Å²) in [5.74, 6) is -0.113. The van der Waals surface area contributed by atoms with Gasteiger partial charge in [0.25, 0.3) is 0 Å². The van der Waals surface area contributed by atoms with Crippen LogP contribution in [0.4, 0.5) is 0 Å². The van der Waals surface area contributed by atoms with Crippen molar-refractivity contribution < 1.29 is 8.42 Å². The summed E-state index contributed by atoms with van der Waals surface area (Å²) in [6, 6.07) is 2.16. The number of rotatable bonds is 2. The van der Waals surface area contributed by atoms with Gasteiger partial charge >= 0.3 is 0 Å². The van der Waals surface area contributed by atoms with E-state index in [0.29, 0.717) is 6.42 Å². The van der Waals surface area contributed by atoms with E-state index < -0.39 is 15.1 Å². The van der Waals surface area contributed by atoms with Gasteiger partial charge in [0.2, 0.25) is 0 Å². The lowest BCUT2D eigenvalue weighted by molar-refractivity contribution is 0.524. The van der Waals surface area contributed by atoms with Crippen LogP contribution >= 0.6 is 0 Å². The topological polar surface area (TPSA) is 57.9 Å². The quantitative estimate of drug-likeness (QED) is 0.661. The normalized spacial score (nSPS) is 29.1. The summed E-state index contributed by atoms with van der Waals surface area (Å²) in [4.78, 5) is 0. The highest BCUT2D eigenvalue weighted by molar-refractivity contribution is 7.92. The van der Waals surface area contributed by atoms with Gasteiger partial charge in [-0.1, -0.05) is 26.2 Å². The first-order valence-electron chi connectivity index (χ1n) is 5.23. The van der Waals surface area contributed by atoms with Crippen LogP contribution < -0.4 is 0 Å². The fraction of sp³-hybridized carbons (Fsp3) is 0.900. The molecule has 0 saturated heterocycles. The molecule has 2 unspecified atom stereocenters. The van der Waals surface area contributed by atoms with E-state index >= 15 is 0 Å². The monoisotopic (exact) mass is 215 g/mol. The van der Waals surface area contributed by atoms with Crippen molar-refractivity contribution in [3.8, 4) is 6.07 Å². The van der Waals surface area contributed by atoms with Crippen molar-refractivity contribution in [1.29, 1.82) is 5.26 Å². The van der Waals surface area contributed by atoms with E-state index in [4.69, 9.17) is 5.26 Å². The minimum Gasteiger partial charge on any atom is -0.229 e. The Morgan fingerprint density at radius 3 is 2.50 bits per heavy atom. The van der Waals surface area contributed by atoms with Gasteiger partial charge in [0.1, 0.15) is 0 Å². The largest absolute Gasteiger partial charge is 0.229 e. The van der Waals surface area contributed by atoms with Gasteiger partial charge in [0, 0.05) is 5.75 Å². The Morgan fingerprint density at radius 1 is 1.29 bits per heavy atom. The molecule has 1 rings (SSSR count). The maximum absolute atomic E-state index is 11.7. The fourth-order valence-corrected chi connectivity index (χ4v) is 3.72. The van der Waals surface area contributed by atoms with Crippen LogP contribution in [-0.4, -0.2) is 19.4 Å². The van der Waals surface area contributed by atoms with Crippen LogP contribution in [0.3, 0.4) is 0 Å². The van der Waals surface area contributed by atoms with Crippen molar-refractivity contribution in [1.82, 2.24) is 0 Å². The van der Waals surface area contributed by atoms with Crippen LogP contribution in [0.15, 0.2) is 0 Å². The van der Waals surface area contributed by atoms with E-state index in [0.717, 1.165) is 25.7 Å². The molecule has 0 bridgehead atoms. The Kier molecular flexibility index (Phi) is 3.94. The summed E-state index contributed by atoms with van der Waals surface area (Å²) < 4.78 is 23.5. The molecule has 0 aromatic heterocycles. The molecule has 14 heavy (non-hydrogen) atoms. The van der Waals surface area contributed by atoms with Crippen LogP contribution in [0, 0.1) is 17.2 Å². The molecule has 1 aliphatic rings. The molecule has 2 atom stereocenters. The van der Waals surface area contributed by atoms with Crippen molar-refractivity contribution in [3.05, 3.63) is 0 Å². The zero-order chi connectivity index (χ0) is 10.6. The first kappa shape index (κ1) is 11.5. The number of hydrogen-bond acceptors (Lipinski definition) is 3. The molecule has 0 heterocycles. The summed E-state index contributed by atoms with van der Waals surface area (Å²) in [5.41, 5.74) is 0. The predicted octanol–water partition coefficient (Wildman–Crippen LogP) is 1.89. The summed E-state index contributed by atoms with van der Waals surface area (Å²) in [6.45, 7) is 1.66. The average Bonchev–Trinajstić information content (AvgIpc) is 2.42. The SMILES string of the molecule is CCS(=O)(=O)C1CCCCCC1C#N. The number of nitrogens with zero attached hydrogens (tertiary/aromatic N) is 1. The van der Waals surface area contributed by atoms with Gasteiger partial charge in [0.15, 0.2) is 9.84 Å². The molecule has 1 aliphatic carbocycles. The van der Waals surface area contributed by atoms with Gasteiger partial charge in [-0.2, -0.15) is 5.26 Å².